The standard InChI is InChI=1S/C17H29N3O/c1-4-14(18)11-15-10-12(2)19-17(20-15)16(21-3)13-8-6-5-7-9-13/h10,13-14,16H,4-9,11,18H2,1-3H3. The van der Waals surface area contributed by atoms with Crippen LogP contribution in [-0.2, 0) is 11.2 Å². The van der Waals surface area contributed by atoms with Crippen LogP contribution in [0.2, 0.25) is 0 Å². The average molecular weight is 291 g/mol. The number of ether oxygens (including phenoxy) is 1. The van der Waals surface area contributed by atoms with Gasteiger partial charge in [0.25, 0.3) is 0 Å². The number of nitrogens with two attached hydrogens (primary N) is 1. The first-order chi connectivity index (χ1) is 10.1. The maximum Gasteiger partial charge on any atom is 0.157 e. The summed E-state index contributed by atoms with van der Waals surface area (Å²) in [6.07, 6.45) is 8.19. The summed E-state index contributed by atoms with van der Waals surface area (Å²) in [5.41, 5.74) is 8.12. The Morgan fingerprint density at radius 3 is 2.62 bits per heavy atom. The quantitative estimate of drug-likeness (QED) is 0.873. The smallest absolute Gasteiger partial charge is 0.157 e. The van der Waals surface area contributed by atoms with Gasteiger partial charge in [0, 0.05) is 31.0 Å². The normalized spacial score (nSPS) is 19.4. The van der Waals surface area contributed by atoms with E-state index in [1.807, 2.05) is 13.0 Å². The van der Waals surface area contributed by atoms with E-state index in [2.05, 4.69) is 11.9 Å². The maximum atomic E-state index is 6.06. The van der Waals surface area contributed by atoms with Crippen molar-refractivity contribution in [1.29, 1.82) is 0 Å². The van der Waals surface area contributed by atoms with E-state index in [1.165, 1.54) is 32.1 Å². The van der Waals surface area contributed by atoms with Crippen LogP contribution in [0.25, 0.3) is 0 Å². The van der Waals surface area contributed by atoms with Gasteiger partial charge < -0.3 is 10.5 Å². The van der Waals surface area contributed by atoms with Crippen LogP contribution in [0.5, 0.6) is 0 Å². The minimum Gasteiger partial charge on any atom is -0.373 e. The molecule has 1 aromatic heterocycles. The molecule has 0 amide bonds. The highest BCUT2D eigenvalue weighted by Crippen LogP contribution is 2.35. The molecule has 1 aromatic rings. The summed E-state index contributed by atoms with van der Waals surface area (Å²) in [7, 11) is 1.78. The van der Waals surface area contributed by atoms with E-state index >= 15 is 0 Å². The van der Waals surface area contributed by atoms with E-state index in [-0.39, 0.29) is 12.1 Å². The number of rotatable bonds is 6. The number of hydrogen-bond acceptors (Lipinski definition) is 4. The van der Waals surface area contributed by atoms with Crippen molar-refractivity contribution in [2.45, 2.75) is 70.9 Å². The number of methoxy groups -OCH3 is 1. The van der Waals surface area contributed by atoms with Gasteiger partial charge in [0.05, 0.1) is 0 Å². The number of aromatic nitrogens is 2. The van der Waals surface area contributed by atoms with E-state index in [0.717, 1.165) is 30.1 Å². The Hall–Kier alpha value is -1.00. The molecule has 118 valence electrons. The molecule has 1 aliphatic rings. The van der Waals surface area contributed by atoms with Crippen molar-refractivity contribution >= 4 is 0 Å². The third-order valence-electron chi connectivity index (χ3n) is 4.51. The van der Waals surface area contributed by atoms with Crippen LogP contribution < -0.4 is 5.73 Å². The van der Waals surface area contributed by atoms with Crippen molar-refractivity contribution in [2.24, 2.45) is 11.7 Å². The third kappa shape index (κ3) is 4.48. The zero-order valence-corrected chi connectivity index (χ0v) is 13.6. The highest BCUT2D eigenvalue weighted by atomic mass is 16.5. The van der Waals surface area contributed by atoms with Crippen LogP contribution in [0.3, 0.4) is 0 Å². The first kappa shape index (κ1) is 16.4. The zero-order chi connectivity index (χ0) is 15.2. The van der Waals surface area contributed by atoms with Crippen LogP contribution in [0.4, 0.5) is 0 Å². The maximum absolute atomic E-state index is 6.06. The molecule has 2 atom stereocenters. The fourth-order valence-electron chi connectivity index (χ4n) is 3.25. The second-order valence-corrected chi connectivity index (χ2v) is 6.29. The lowest BCUT2D eigenvalue weighted by molar-refractivity contribution is 0.0286. The van der Waals surface area contributed by atoms with E-state index in [4.69, 9.17) is 15.5 Å². The minimum atomic E-state index is 0.0294. The molecule has 1 saturated carbocycles. The van der Waals surface area contributed by atoms with Crippen LogP contribution >= 0.6 is 0 Å². The Labute approximate surface area is 128 Å². The molecule has 2 rings (SSSR count). The van der Waals surface area contributed by atoms with Gasteiger partial charge in [0.1, 0.15) is 6.10 Å². The van der Waals surface area contributed by atoms with Gasteiger partial charge in [0.2, 0.25) is 0 Å². The lowest BCUT2D eigenvalue weighted by Crippen LogP contribution is -2.24. The summed E-state index contributed by atoms with van der Waals surface area (Å²) in [5.74, 6) is 1.40. The topological polar surface area (TPSA) is 61.0 Å². The minimum absolute atomic E-state index is 0.0294. The summed E-state index contributed by atoms with van der Waals surface area (Å²) >= 11 is 0. The Balaban J connectivity index is 2.19. The second-order valence-electron chi connectivity index (χ2n) is 6.29. The first-order valence-electron chi connectivity index (χ1n) is 8.26. The molecule has 0 aliphatic heterocycles. The van der Waals surface area contributed by atoms with E-state index in [9.17, 15) is 0 Å². The Bertz CT molecular complexity index is 444. The summed E-state index contributed by atoms with van der Waals surface area (Å²) in [4.78, 5) is 9.39. The summed E-state index contributed by atoms with van der Waals surface area (Å²) in [5, 5.41) is 0. The van der Waals surface area contributed by atoms with Gasteiger partial charge >= 0.3 is 0 Å². The van der Waals surface area contributed by atoms with Gasteiger partial charge in [-0.3, -0.25) is 0 Å². The van der Waals surface area contributed by atoms with Crippen molar-refractivity contribution in [3.8, 4) is 0 Å². The number of nitrogens with zero attached hydrogens (tertiary/aromatic N) is 2. The molecule has 0 spiro atoms. The monoisotopic (exact) mass is 291 g/mol. The molecule has 0 radical (unpaired) electrons. The van der Waals surface area contributed by atoms with Gasteiger partial charge in [-0.15, -0.1) is 0 Å². The number of hydrogen-bond donors (Lipinski definition) is 1. The molecule has 0 saturated heterocycles. The Morgan fingerprint density at radius 1 is 1.29 bits per heavy atom. The molecule has 4 heteroatoms. The fraction of sp³-hybridized carbons (Fsp3) is 0.765. The molecule has 0 bridgehead atoms. The van der Waals surface area contributed by atoms with Gasteiger partial charge in [-0.1, -0.05) is 26.2 Å². The van der Waals surface area contributed by atoms with Gasteiger partial charge in [-0.05, 0) is 38.2 Å². The molecule has 1 heterocycles. The lowest BCUT2D eigenvalue weighted by atomic mass is 9.85. The highest BCUT2D eigenvalue weighted by Gasteiger charge is 2.27. The second kappa shape index (κ2) is 7.85. The molecule has 21 heavy (non-hydrogen) atoms. The van der Waals surface area contributed by atoms with E-state index in [1.54, 1.807) is 7.11 Å². The molecule has 1 aliphatic carbocycles. The molecule has 1 fully saturated rings. The average Bonchev–Trinajstić information content (AvgIpc) is 2.48. The molecular formula is C17H29N3O. The van der Waals surface area contributed by atoms with Crippen molar-refractivity contribution in [1.82, 2.24) is 9.97 Å². The molecule has 0 aromatic carbocycles. The van der Waals surface area contributed by atoms with Crippen molar-refractivity contribution < 1.29 is 4.74 Å². The Morgan fingerprint density at radius 2 is 2.00 bits per heavy atom. The molecule has 2 N–H and O–H groups in total. The SMILES string of the molecule is CCC(N)Cc1cc(C)nc(C(OC)C2CCCCC2)n1. The van der Waals surface area contributed by atoms with Gasteiger partial charge in [-0.25, -0.2) is 9.97 Å². The van der Waals surface area contributed by atoms with E-state index in [0.29, 0.717) is 5.92 Å². The van der Waals surface area contributed by atoms with E-state index < -0.39 is 0 Å². The fourth-order valence-corrected chi connectivity index (χ4v) is 3.25. The summed E-state index contributed by atoms with van der Waals surface area (Å²) in [6, 6.07) is 2.22. The van der Waals surface area contributed by atoms with Crippen molar-refractivity contribution in [2.75, 3.05) is 7.11 Å². The first-order valence-corrected chi connectivity index (χ1v) is 8.26. The molecule has 4 nitrogen and oxygen atoms in total. The lowest BCUT2D eigenvalue weighted by Gasteiger charge is -2.28. The largest absolute Gasteiger partial charge is 0.373 e. The summed E-state index contributed by atoms with van der Waals surface area (Å²) in [6.45, 7) is 4.14. The predicted molar refractivity (Wildman–Crippen MR) is 85.1 cm³/mol. The van der Waals surface area contributed by atoms with Crippen LogP contribution in [0.1, 0.15) is 68.8 Å². The Kier molecular flexibility index (Phi) is 6.12. The van der Waals surface area contributed by atoms with Crippen molar-refractivity contribution in [3.63, 3.8) is 0 Å². The van der Waals surface area contributed by atoms with Crippen molar-refractivity contribution in [3.05, 3.63) is 23.3 Å². The van der Waals surface area contributed by atoms with Crippen LogP contribution in [-0.4, -0.2) is 23.1 Å². The predicted octanol–water partition coefficient (Wildman–Crippen LogP) is 3.33. The molecule has 2 unspecified atom stereocenters. The summed E-state index contributed by atoms with van der Waals surface area (Å²) < 4.78 is 5.76. The number of aryl methyl sites for hydroxylation is 1. The highest BCUT2D eigenvalue weighted by molar-refractivity contribution is 5.13. The van der Waals surface area contributed by atoms with Crippen LogP contribution in [0, 0.1) is 12.8 Å². The molecular weight excluding hydrogens is 262 g/mol. The van der Waals surface area contributed by atoms with Gasteiger partial charge in [-0.2, -0.15) is 0 Å². The van der Waals surface area contributed by atoms with Crippen LogP contribution in [0.15, 0.2) is 6.07 Å². The van der Waals surface area contributed by atoms with Gasteiger partial charge in [0.15, 0.2) is 5.82 Å². The third-order valence-corrected chi connectivity index (χ3v) is 4.51. The zero-order valence-electron chi connectivity index (χ0n) is 13.6.